The van der Waals surface area contributed by atoms with Gasteiger partial charge in [-0.2, -0.15) is 0 Å². The normalized spacial score (nSPS) is 10.3. The lowest BCUT2D eigenvalue weighted by Crippen LogP contribution is -1.84. The predicted octanol–water partition coefficient (Wildman–Crippen LogP) is 2.35. The van der Waals surface area contributed by atoms with Gasteiger partial charge in [-0.3, -0.25) is 0 Å². The third-order valence-electron chi connectivity index (χ3n) is 1.65. The second kappa shape index (κ2) is 4.89. The highest BCUT2D eigenvalue weighted by molar-refractivity contribution is 7.23. The molecule has 0 radical (unpaired) electrons. The lowest BCUT2D eigenvalue weighted by atomic mass is 10.1. The maximum atomic E-state index is 10.2. The van der Waals surface area contributed by atoms with Gasteiger partial charge in [0.15, 0.2) is 0 Å². The molecule has 1 N–H and O–H groups in total. The summed E-state index contributed by atoms with van der Waals surface area (Å²) in [5.74, 6) is 0.303. The third-order valence-corrected chi connectivity index (χ3v) is 2.21. The minimum atomic E-state index is -0.206. The molecular weight excluding hydrogens is 171 g/mol. The number of hydrogen-bond acceptors (Lipinski definition) is 2. The molecule has 12 heavy (non-hydrogen) atoms. The van der Waals surface area contributed by atoms with Crippen LogP contribution in [-0.2, 0) is 11.0 Å². The van der Waals surface area contributed by atoms with Crippen molar-refractivity contribution in [3.63, 3.8) is 0 Å². The zero-order chi connectivity index (χ0) is 8.81. The molecule has 0 saturated heterocycles. The summed E-state index contributed by atoms with van der Waals surface area (Å²) in [6.07, 6.45) is 2.56. The first-order chi connectivity index (χ1) is 5.83. The minimum Gasteiger partial charge on any atom is -0.508 e. The molecule has 1 atom stereocenters. The third kappa shape index (κ3) is 3.02. The Balaban J connectivity index is 2.46. The van der Waals surface area contributed by atoms with Crippen molar-refractivity contribution in [3.8, 4) is 5.75 Å². The van der Waals surface area contributed by atoms with Crippen LogP contribution < -0.4 is 0 Å². The quantitative estimate of drug-likeness (QED) is 0.574. The number of phenolic OH excluding ortho intramolecular Hbond substituents is 1. The average Bonchev–Trinajstić information content (AvgIpc) is 2.05. The number of phenols is 1. The molecule has 0 aromatic heterocycles. The van der Waals surface area contributed by atoms with E-state index in [1.165, 1.54) is 0 Å². The highest BCUT2D eigenvalue weighted by atomic mass is 31.1. The Morgan fingerprint density at radius 1 is 1.42 bits per heavy atom. The zero-order valence-corrected chi connectivity index (χ0v) is 7.79. The van der Waals surface area contributed by atoms with Crippen molar-refractivity contribution in [2.75, 3.05) is 6.16 Å². The van der Waals surface area contributed by atoms with Gasteiger partial charge in [0.05, 0.1) is 0 Å². The summed E-state index contributed by atoms with van der Waals surface area (Å²) < 4.78 is 10.2. The van der Waals surface area contributed by atoms with Gasteiger partial charge >= 0.3 is 8.46 Å². The van der Waals surface area contributed by atoms with Crippen molar-refractivity contribution < 1.29 is 9.67 Å². The summed E-state index contributed by atoms with van der Waals surface area (Å²) in [5, 5.41) is 9.11. The largest absolute Gasteiger partial charge is 0.508 e. The van der Waals surface area contributed by atoms with E-state index in [2.05, 4.69) is 0 Å². The lowest BCUT2D eigenvalue weighted by molar-refractivity contribution is 0.474. The van der Waals surface area contributed by atoms with Gasteiger partial charge in [-0.05, 0) is 30.5 Å². The Kier molecular flexibility index (Phi) is 3.75. The molecular formula is C9H12O2P+. The van der Waals surface area contributed by atoms with Gasteiger partial charge < -0.3 is 5.11 Å². The second-order valence-corrected chi connectivity index (χ2v) is 3.46. The molecule has 1 rings (SSSR count). The number of rotatable bonds is 4. The van der Waals surface area contributed by atoms with Gasteiger partial charge in [0, 0.05) is 0 Å². The first-order valence-corrected chi connectivity index (χ1v) is 5.07. The summed E-state index contributed by atoms with van der Waals surface area (Å²) in [4.78, 5) is 0. The molecule has 2 nitrogen and oxygen atoms in total. The Hall–Kier alpha value is -0.880. The van der Waals surface area contributed by atoms with Gasteiger partial charge in [-0.25, -0.2) is 0 Å². The van der Waals surface area contributed by atoms with E-state index in [9.17, 15) is 4.57 Å². The van der Waals surface area contributed by atoms with Crippen LogP contribution in [0.3, 0.4) is 0 Å². The predicted molar refractivity (Wildman–Crippen MR) is 50.3 cm³/mol. The van der Waals surface area contributed by atoms with Crippen LogP contribution in [0, 0.1) is 0 Å². The Morgan fingerprint density at radius 3 is 2.92 bits per heavy atom. The molecule has 1 aromatic carbocycles. The highest BCUT2D eigenvalue weighted by Crippen LogP contribution is 2.13. The van der Waals surface area contributed by atoms with Crippen LogP contribution in [0.25, 0.3) is 0 Å². The van der Waals surface area contributed by atoms with Crippen molar-refractivity contribution in [2.45, 2.75) is 12.8 Å². The molecule has 1 aromatic rings. The van der Waals surface area contributed by atoms with E-state index in [4.69, 9.17) is 5.11 Å². The summed E-state index contributed by atoms with van der Waals surface area (Å²) in [6.45, 7) is 0. The zero-order valence-electron chi connectivity index (χ0n) is 6.79. The van der Waals surface area contributed by atoms with Crippen molar-refractivity contribution in [3.05, 3.63) is 29.8 Å². The minimum absolute atomic E-state index is 0.206. The number of aromatic hydroxyl groups is 1. The molecule has 0 saturated carbocycles. The summed E-state index contributed by atoms with van der Waals surface area (Å²) in [5.41, 5.74) is 1.10. The van der Waals surface area contributed by atoms with Crippen LogP contribution in [-0.4, -0.2) is 11.3 Å². The fourth-order valence-electron chi connectivity index (χ4n) is 1.08. The molecule has 1 unspecified atom stereocenters. The van der Waals surface area contributed by atoms with Crippen LogP contribution in [0.4, 0.5) is 0 Å². The Bertz CT molecular complexity index is 260. The molecule has 0 heterocycles. The van der Waals surface area contributed by atoms with Crippen molar-refractivity contribution in [2.24, 2.45) is 0 Å². The fourth-order valence-corrected chi connectivity index (χ4v) is 1.40. The van der Waals surface area contributed by atoms with Crippen LogP contribution in [0.5, 0.6) is 5.75 Å². The standard InChI is InChI=1S/C9H11O2P/c10-9-5-1-3-8(7-9)4-2-6-12-11/h1,3,5,7,10H,2,4,6H2/p+1. The first-order valence-electron chi connectivity index (χ1n) is 3.96. The smallest absolute Gasteiger partial charge is 0.324 e. The van der Waals surface area contributed by atoms with Crippen molar-refractivity contribution in [1.82, 2.24) is 0 Å². The van der Waals surface area contributed by atoms with Gasteiger partial charge in [-0.15, -0.1) is 0 Å². The summed E-state index contributed by atoms with van der Waals surface area (Å²) >= 11 is 0. The van der Waals surface area contributed by atoms with Crippen molar-refractivity contribution in [1.29, 1.82) is 0 Å². The Labute approximate surface area is 73.4 Å². The average molecular weight is 183 g/mol. The fraction of sp³-hybridized carbons (Fsp3) is 0.333. The van der Waals surface area contributed by atoms with E-state index in [0.717, 1.165) is 24.6 Å². The second-order valence-electron chi connectivity index (χ2n) is 2.67. The monoisotopic (exact) mass is 183 g/mol. The lowest BCUT2D eigenvalue weighted by Gasteiger charge is -1.97. The van der Waals surface area contributed by atoms with E-state index in [1.807, 2.05) is 12.1 Å². The van der Waals surface area contributed by atoms with Crippen LogP contribution >= 0.6 is 8.46 Å². The number of hydrogen-bond donors (Lipinski definition) is 1. The SMILES string of the molecule is O=[PH+]CCCc1cccc(O)c1. The molecule has 3 heteroatoms. The molecule has 0 bridgehead atoms. The molecule has 0 aliphatic rings. The highest BCUT2D eigenvalue weighted by Gasteiger charge is 1.96. The molecule has 0 fully saturated rings. The van der Waals surface area contributed by atoms with Crippen LogP contribution in [0.2, 0.25) is 0 Å². The number of aryl methyl sites for hydroxylation is 1. The molecule has 0 spiro atoms. The van der Waals surface area contributed by atoms with Crippen molar-refractivity contribution >= 4 is 8.46 Å². The van der Waals surface area contributed by atoms with E-state index < -0.39 is 0 Å². The summed E-state index contributed by atoms with van der Waals surface area (Å²) in [7, 11) is -0.206. The maximum Gasteiger partial charge on any atom is 0.324 e. The van der Waals surface area contributed by atoms with Crippen LogP contribution in [0.1, 0.15) is 12.0 Å². The van der Waals surface area contributed by atoms with E-state index in [0.29, 0.717) is 5.75 Å². The molecule has 0 aliphatic heterocycles. The Morgan fingerprint density at radius 2 is 2.25 bits per heavy atom. The number of benzene rings is 1. The summed E-state index contributed by atoms with van der Waals surface area (Å²) in [6, 6.07) is 7.19. The van der Waals surface area contributed by atoms with Gasteiger partial charge in [0.25, 0.3) is 0 Å². The van der Waals surface area contributed by atoms with E-state index >= 15 is 0 Å². The molecule has 0 amide bonds. The maximum absolute atomic E-state index is 10.2. The van der Waals surface area contributed by atoms with Gasteiger partial charge in [0.2, 0.25) is 0 Å². The van der Waals surface area contributed by atoms with E-state index in [-0.39, 0.29) is 8.46 Å². The van der Waals surface area contributed by atoms with E-state index in [1.54, 1.807) is 12.1 Å². The van der Waals surface area contributed by atoms with Gasteiger partial charge in [-0.1, -0.05) is 16.7 Å². The van der Waals surface area contributed by atoms with Gasteiger partial charge in [0.1, 0.15) is 11.9 Å². The van der Waals surface area contributed by atoms with Crippen LogP contribution in [0.15, 0.2) is 24.3 Å². The first kappa shape index (κ1) is 9.21. The molecule has 64 valence electrons. The topological polar surface area (TPSA) is 37.3 Å². The molecule has 0 aliphatic carbocycles.